The van der Waals surface area contributed by atoms with Gasteiger partial charge < -0.3 is 25.3 Å². The molecule has 27 heavy (non-hydrogen) atoms. The van der Waals surface area contributed by atoms with E-state index in [1.54, 1.807) is 9.80 Å². The molecule has 0 amide bonds. The number of rotatable bonds is 4. The van der Waals surface area contributed by atoms with E-state index >= 15 is 0 Å². The molecule has 0 spiro atoms. The maximum atomic E-state index is 13.2. The van der Waals surface area contributed by atoms with Crippen LogP contribution >= 0.6 is 0 Å². The van der Waals surface area contributed by atoms with Crippen LogP contribution in [0, 0.1) is 5.92 Å². The summed E-state index contributed by atoms with van der Waals surface area (Å²) in [5.74, 6) is -0.0324. The molecule has 2 saturated heterocycles. The molecule has 2 fully saturated rings. The number of likely N-dealkylation sites (tertiary alicyclic amines) is 1. The van der Waals surface area contributed by atoms with Gasteiger partial charge in [0, 0.05) is 26.2 Å². The van der Waals surface area contributed by atoms with Crippen LogP contribution in [0.3, 0.4) is 0 Å². The number of halogens is 3. The number of piperidine rings is 1. The third kappa shape index (κ3) is 4.16. The molecular formula is C16H23F3N4O4. The van der Waals surface area contributed by atoms with Crippen molar-refractivity contribution in [3.05, 3.63) is 18.2 Å². The number of hydrogen-bond donors (Lipinski definition) is 4. The number of β-amino-alcohol motifs (C(OH)–C–C–N with tert-alkyl or cyclic N) is 1. The largest absolute Gasteiger partial charge is 0.435 e. The zero-order valence-corrected chi connectivity index (χ0v) is 14.5. The van der Waals surface area contributed by atoms with E-state index in [9.17, 15) is 33.6 Å². The fourth-order valence-electron chi connectivity index (χ4n) is 3.89. The molecule has 1 aromatic heterocycles. The lowest BCUT2D eigenvalue weighted by atomic mass is 9.93. The Bertz CT molecular complexity index is 650. The number of aromatic nitrogens is 2. The average Bonchev–Trinajstić information content (AvgIpc) is 3.08. The van der Waals surface area contributed by atoms with Crippen molar-refractivity contribution in [3.63, 3.8) is 0 Å². The second-order valence-corrected chi connectivity index (χ2v) is 7.11. The Morgan fingerprint density at radius 1 is 1.15 bits per heavy atom. The molecule has 0 aliphatic carbocycles. The first-order valence-electron chi connectivity index (χ1n) is 8.73. The van der Waals surface area contributed by atoms with Crippen LogP contribution in [-0.2, 0) is 6.18 Å². The van der Waals surface area contributed by atoms with Crippen molar-refractivity contribution in [2.75, 3.05) is 37.7 Å². The third-order valence-corrected chi connectivity index (χ3v) is 5.30. The lowest BCUT2D eigenvalue weighted by Gasteiger charge is -2.44. The van der Waals surface area contributed by atoms with E-state index in [4.69, 9.17) is 0 Å². The van der Waals surface area contributed by atoms with Gasteiger partial charge in [-0.2, -0.15) is 13.2 Å². The molecule has 0 aromatic carbocycles. The predicted octanol–water partition coefficient (Wildman–Crippen LogP) is -0.919. The maximum Gasteiger partial charge on any atom is 0.435 e. The minimum Gasteiger partial charge on any atom is -0.395 e. The van der Waals surface area contributed by atoms with Crippen molar-refractivity contribution in [2.45, 2.75) is 37.0 Å². The molecule has 3 heterocycles. The van der Waals surface area contributed by atoms with Gasteiger partial charge in [0.05, 0.1) is 30.6 Å². The molecule has 2 aliphatic heterocycles. The summed E-state index contributed by atoms with van der Waals surface area (Å²) in [7, 11) is 0. The Balaban J connectivity index is 1.69. The molecule has 11 heteroatoms. The highest BCUT2D eigenvalue weighted by molar-refractivity contribution is 5.50. The van der Waals surface area contributed by atoms with Crippen molar-refractivity contribution in [3.8, 4) is 0 Å². The number of nitrogens with zero attached hydrogens (tertiary/aromatic N) is 4. The van der Waals surface area contributed by atoms with Gasteiger partial charge in [-0.3, -0.25) is 4.90 Å². The zero-order valence-electron chi connectivity index (χ0n) is 14.5. The molecule has 4 N–H and O–H groups in total. The highest BCUT2D eigenvalue weighted by Gasteiger charge is 2.43. The minimum atomic E-state index is -4.57. The van der Waals surface area contributed by atoms with Crippen molar-refractivity contribution >= 4 is 5.69 Å². The van der Waals surface area contributed by atoms with Gasteiger partial charge in [-0.15, -0.1) is 0 Å². The molecule has 5 atom stereocenters. The summed E-state index contributed by atoms with van der Waals surface area (Å²) < 4.78 is 39.5. The molecule has 1 aromatic rings. The topological polar surface area (TPSA) is 113 Å². The summed E-state index contributed by atoms with van der Waals surface area (Å²) in [5, 5.41) is 39.2. The van der Waals surface area contributed by atoms with Crippen LogP contribution in [-0.4, -0.2) is 92.4 Å². The van der Waals surface area contributed by atoms with Gasteiger partial charge in [-0.05, 0) is 12.3 Å². The zero-order chi connectivity index (χ0) is 19.8. The molecule has 0 radical (unpaired) electrons. The van der Waals surface area contributed by atoms with E-state index in [-0.39, 0.29) is 18.2 Å². The van der Waals surface area contributed by atoms with Crippen molar-refractivity contribution < 1.29 is 33.6 Å². The lowest BCUT2D eigenvalue weighted by molar-refractivity contribution is -0.147. The lowest BCUT2D eigenvalue weighted by Crippen LogP contribution is -2.63. The van der Waals surface area contributed by atoms with Gasteiger partial charge in [0.1, 0.15) is 18.5 Å². The highest BCUT2D eigenvalue weighted by atomic mass is 19.4. The number of alkyl halides is 3. The van der Waals surface area contributed by atoms with Gasteiger partial charge in [-0.25, -0.2) is 9.97 Å². The number of aliphatic hydroxyl groups excluding tert-OH is 4. The molecule has 2 aliphatic rings. The SMILES string of the molecule is OC[C@@H]1[C@@H](O)[C@H](O)[C@@H](O)CN1C[C@H]1CCN(c2cncnc2C(F)(F)F)C1. The summed E-state index contributed by atoms with van der Waals surface area (Å²) in [6.45, 7) is 0.776. The van der Waals surface area contributed by atoms with Crippen LogP contribution in [0.4, 0.5) is 18.9 Å². The molecule has 3 rings (SSSR count). The summed E-state index contributed by atoms with van der Waals surface area (Å²) in [6, 6.07) is -0.733. The Morgan fingerprint density at radius 3 is 2.56 bits per heavy atom. The second-order valence-electron chi connectivity index (χ2n) is 7.11. The van der Waals surface area contributed by atoms with Gasteiger partial charge >= 0.3 is 6.18 Å². The summed E-state index contributed by atoms with van der Waals surface area (Å²) in [5.41, 5.74) is -1.04. The Morgan fingerprint density at radius 2 is 1.89 bits per heavy atom. The van der Waals surface area contributed by atoms with Crippen LogP contribution in [0.15, 0.2) is 12.5 Å². The molecule has 0 saturated carbocycles. The molecular weight excluding hydrogens is 369 g/mol. The predicted molar refractivity (Wildman–Crippen MR) is 87.8 cm³/mol. The average molecular weight is 392 g/mol. The van der Waals surface area contributed by atoms with E-state index < -0.39 is 42.8 Å². The monoisotopic (exact) mass is 392 g/mol. The smallest absolute Gasteiger partial charge is 0.395 e. The molecule has 0 unspecified atom stereocenters. The normalized spacial score (nSPS) is 32.9. The summed E-state index contributed by atoms with van der Waals surface area (Å²) in [6.07, 6.45) is -5.73. The third-order valence-electron chi connectivity index (χ3n) is 5.30. The van der Waals surface area contributed by atoms with Gasteiger partial charge in [0.25, 0.3) is 0 Å². The number of hydrogen-bond acceptors (Lipinski definition) is 8. The van der Waals surface area contributed by atoms with Gasteiger partial charge in [-0.1, -0.05) is 0 Å². The molecule has 0 bridgehead atoms. The Kier molecular flexibility index (Phi) is 5.87. The van der Waals surface area contributed by atoms with Crippen LogP contribution in [0.1, 0.15) is 12.1 Å². The first-order valence-corrected chi connectivity index (χ1v) is 8.73. The quantitative estimate of drug-likeness (QED) is 0.521. The van der Waals surface area contributed by atoms with Crippen LogP contribution in [0.5, 0.6) is 0 Å². The van der Waals surface area contributed by atoms with E-state index in [1.165, 1.54) is 0 Å². The van der Waals surface area contributed by atoms with Crippen LogP contribution in [0.25, 0.3) is 0 Å². The highest BCUT2D eigenvalue weighted by Crippen LogP contribution is 2.36. The van der Waals surface area contributed by atoms with E-state index in [2.05, 4.69) is 9.97 Å². The minimum absolute atomic E-state index is 0.0324. The van der Waals surface area contributed by atoms with Crippen LogP contribution in [0.2, 0.25) is 0 Å². The summed E-state index contributed by atoms with van der Waals surface area (Å²) >= 11 is 0. The second kappa shape index (κ2) is 7.84. The number of anilines is 1. The first kappa shape index (κ1) is 20.2. The fraction of sp³-hybridized carbons (Fsp3) is 0.750. The standard InChI is InChI=1S/C16H23F3N4O4/c17-16(18,19)15-10(3-20-8-21-15)22-2-1-9(4-22)5-23-6-12(25)14(27)13(26)11(23)7-24/h3,8-9,11-14,24-27H,1-2,4-7H2/t9-,11+,12-,13+,14+/m0/s1. The molecule has 152 valence electrons. The van der Waals surface area contributed by atoms with Crippen LogP contribution < -0.4 is 4.90 Å². The Labute approximate surface area is 153 Å². The number of aliphatic hydroxyl groups is 4. The first-order chi connectivity index (χ1) is 12.7. The summed E-state index contributed by atoms with van der Waals surface area (Å²) in [4.78, 5) is 10.3. The maximum absolute atomic E-state index is 13.2. The van der Waals surface area contributed by atoms with E-state index in [1.807, 2.05) is 0 Å². The van der Waals surface area contributed by atoms with Crippen molar-refractivity contribution in [2.24, 2.45) is 5.92 Å². The van der Waals surface area contributed by atoms with Crippen molar-refractivity contribution in [1.82, 2.24) is 14.9 Å². The van der Waals surface area contributed by atoms with E-state index in [0.717, 1.165) is 12.5 Å². The Hall–Kier alpha value is -1.53. The van der Waals surface area contributed by atoms with Gasteiger partial charge in [0.15, 0.2) is 5.69 Å². The molecule has 8 nitrogen and oxygen atoms in total. The fourth-order valence-corrected chi connectivity index (χ4v) is 3.89. The van der Waals surface area contributed by atoms with Gasteiger partial charge in [0.2, 0.25) is 0 Å². The van der Waals surface area contributed by atoms with Crippen molar-refractivity contribution in [1.29, 1.82) is 0 Å². The van der Waals surface area contributed by atoms with E-state index in [0.29, 0.717) is 26.1 Å².